The summed E-state index contributed by atoms with van der Waals surface area (Å²) in [5, 5.41) is 3.29. The van der Waals surface area contributed by atoms with Crippen LogP contribution in [-0.4, -0.2) is 6.54 Å². The second kappa shape index (κ2) is 5.76. The summed E-state index contributed by atoms with van der Waals surface area (Å²) in [7, 11) is 0. The summed E-state index contributed by atoms with van der Waals surface area (Å²) < 4.78 is 39.0. The zero-order valence-corrected chi connectivity index (χ0v) is 12.1. The maximum absolute atomic E-state index is 13.0. The van der Waals surface area contributed by atoms with Gasteiger partial charge in [-0.1, -0.05) is 38.0 Å². The van der Waals surface area contributed by atoms with Gasteiger partial charge in [-0.15, -0.1) is 0 Å². The standard InChI is InChI=1S/C16H22F3N/c1-12(20-11-15(2)9-5-6-10-15)13-7-3-4-8-14(13)16(17,18)19/h3-4,7-8,12,20H,5-6,9-11H2,1-2H3. The largest absolute Gasteiger partial charge is 0.416 e. The lowest BCUT2D eigenvalue weighted by atomic mass is 9.88. The van der Waals surface area contributed by atoms with Gasteiger partial charge in [-0.2, -0.15) is 13.2 Å². The molecule has 0 heterocycles. The van der Waals surface area contributed by atoms with E-state index in [4.69, 9.17) is 0 Å². The molecule has 1 unspecified atom stereocenters. The van der Waals surface area contributed by atoms with Crippen LogP contribution in [0.4, 0.5) is 13.2 Å². The molecule has 1 atom stereocenters. The van der Waals surface area contributed by atoms with Crippen LogP contribution in [0.2, 0.25) is 0 Å². The van der Waals surface area contributed by atoms with Gasteiger partial charge in [0.15, 0.2) is 0 Å². The summed E-state index contributed by atoms with van der Waals surface area (Å²) in [4.78, 5) is 0. The van der Waals surface area contributed by atoms with Crippen molar-refractivity contribution in [3.8, 4) is 0 Å². The highest BCUT2D eigenvalue weighted by molar-refractivity contribution is 5.32. The predicted molar refractivity (Wildman–Crippen MR) is 74.4 cm³/mol. The molecule has 1 nitrogen and oxygen atoms in total. The maximum Gasteiger partial charge on any atom is 0.416 e. The van der Waals surface area contributed by atoms with Gasteiger partial charge in [0, 0.05) is 12.6 Å². The SMILES string of the molecule is CC(NCC1(C)CCCC1)c1ccccc1C(F)(F)F. The third-order valence-corrected chi connectivity index (χ3v) is 4.38. The molecule has 1 aliphatic rings. The Labute approximate surface area is 118 Å². The van der Waals surface area contributed by atoms with Crippen LogP contribution in [0.15, 0.2) is 24.3 Å². The summed E-state index contributed by atoms with van der Waals surface area (Å²) in [5.74, 6) is 0. The zero-order valence-electron chi connectivity index (χ0n) is 12.1. The highest BCUT2D eigenvalue weighted by Crippen LogP contribution is 2.38. The fourth-order valence-electron chi connectivity index (χ4n) is 3.05. The summed E-state index contributed by atoms with van der Waals surface area (Å²) in [5.41, 5.74) is 0.0414. The van der Waals surface area contributed by atoms with E-state index in [-0.39, 0.29) is 11.5 Å². The molecule has 0 spiro atoms. The number of hydrogen-bond acceptors (Lipinski definition) is 1. The van der Waals surface area contributed by atoms with Gasteiger partial charge < -0.3 is 5.32 Å². The Balaban J connectivity index is 2.07. The van der Waals surface area contributed by atoms with Crippen molar-refractivity contribution in [2.24, 2.45) is 5.41 Å². The van der Waals surface area contributed by atoms with E-state index in [1.807, 2.05) is 6.92 Å². The average molecular weight is 285 g/mol. The van der Waals surface area contributed by atoms with Crippen LogP contribution in [0.25, 0.3) is 0 Å². The second-order valence-electron chi connectivity index (χ2n) is 6.21. The van der Waals surface area contributed by atoms with Crippen molar-refractivity contribution in [3.05, 3.63) is 35.4 Å². The molecule has 0 bridgehead atoms. The molecule has 4 heteroatoms. The second-order valence-corrected chi connectivity index (χ2v) is 6.21. The maximum atomic E-state index is 13.0. The van der Waals surface area contributed by atoms with E-state index >= 15 is 0 Å². The number of rotatable bonds is 4. The van der Waals surface area contributed by atoms with Crippen LogP contribution in [-0.2, 0) is 6.18 Å². The van der Waals surface area contributed by atoms with Gasteiger partial charge in [0.25, 0.3) is 0 Å². The van der Waals surface area contributed by atoms with E-state index in [1.165, 1.54) is 18.9 Å². The van der Waals surface area contributed by atoms with Gasteiger partial charge >= 0.3 is 6.18 Å². The fourth-order valence-corrected chi connectivity index (χ4v) is 3.05. The van der Waals surface area contributed by atoms with Gasteiger partial charge in [0.1, 0.15) is 0 Å². The summed E-state index contributed by atoms with van der Waals surface area (Å²) >= 11 is 0. The Morgan fingerprint density at radius 2 is 1.80 bits per heavy atom. The van der Waals surface area contributed by atoms with Gasteiger partial charge in [-0.3, -0.25) is 0 Å². The lowest BCUT2D eigenvalue weighted by molar-refractivity contribution is -0.138. The predicted octanol–water partition coefficient (Wildman–Crippen LogP) is 4.94. The third-order valence-electron chi connectivity index (χ3n) is 4.38. The van der Waals surface area contributed by atoms with E-state index in [9.17, 15) is 13.2 Å². The fraction of sp³-hybridized carbons (Fsp3) is 0.625. The van der Waals surface area contributed by atoms with Crippen molar-refractivity contribution >= 4 is 0 Å². The molecule has 1 aliphatic carbocycles. The summed E-state index contributed by atoms with van der Waals surface area (Å²) in [6, 6.07) is 5.55. The molecular formula is C16H22F3N. The van der Waals surface area contributed by atoms with E-state index in [2.05, 4.69) is 12.2 Å². The number of nitrogens with one attached hydrogen (secondary N) is 1. The molecule has 0 amide bonds. The Morgan fingerprint density at radius 3 is 2.40 bits per heavy atom. The molecule has 0 saturated heterocycles. The van der Waals surface area contributed by atoms with Crippen molar-refractivity contribution in [2.45, 2.75) is 51.7 Å². The first-order chi connectivity index (χ1) is 9.32. The van der Waals surface area contributed by atoms with E-state index in [0.29, 0.717) is 5.56 Å². The minimum Gasteiger partial charge on any atom is -0.310 e. The average Bonchev–Trinajstić information content (AvgIpc) is 2.82. The molecule has 1 fully saturated rings. The molecule has 1 aromatic rings. The first kappa shape index (κ1) is 15.4. The Morgan fingerprint density at radius 1 is 1.20 bits per heavy atom. The van der Waals surface area contributed by atoms with Crippen LogP contribution in [0, 0.1) is 5.41 Å². The smallest absolute Gasteiger partial charge is 0.310 e. The number of halogens is 3. The van der Waals surface area contributed by atoms with Crippen molar-refractivity contribution in [1.82, 2.24) is 5.32 Å². The zero-order chi connectivity index (χ0) is 14.8. The van der Waals surface area contributed by atoms with Crippen LogP contribution in [0.3, 0.4) is 0 Å². The lowest BCUT2D eigenvalue weighted by Crippen LogP contribution is -2.32. The molecule has 0 aromatic heterocycles. The quantitative estimate of drug-likeness (QED) is 0.826. The van der Waals surface area contributed by atoms with Gasteiger partial charge in [0.05, 0.1) is 5.56 Å². The first-order valence-electron chi connectivity index (χ1n) is 7.21. The molecule has 2 rings (SSSR count). The van der Waals surface area contributed by atoms with Crippen molar-refractivity contribution in [1.29, 1.82) is 0 Å². The molecule has 1 aromatic carbocycles. The van der Waals surface area contributed by atoms with Crippen LogP contribution >= 0.6 is 0 Å². The molecular weight excluding hydrogens is 263 g/mol. The minimum absolute atomic E-state index is 0.238. The summed E-state index contributed by atoms with van der Waals surface area (Å²) in [6.45, 7) is 4.80. The van der Waals surface area contributed by atoms with Gasteiger partial charge in [-0.05, 0) is 36.8 Å². The van der Waals surface area contributed by atoms with Gasteiger partial charge in [-0.25, -0.2) is 0 Å². The lowest BCUT2D eigenvalue weighted by Gasteiger charge is -2.27. The van der Waals surface area contributed by atoms with Crippen molar-refractivity contribution in [2.75, 3.05) is 6.54 Å². The Hall–Kier alpha value is -1.03. The number of hydrogen-bond donors (Lipinski definition) is 1. The number of benzene rings is 1. The highest BCUT2D eigenvalue weighted by Gasteiger charge is 2.35. The van der Waals surface area contributed by atoms with Crippen molar-refractivity contribution < 1.29 is 13.2 Å². The first-order valence-corrected chi connectivity index (χ1v) is 7.21. The van der Waals surface area contributed by atoms with Gasteiger partial charge in [0.2, 0.25) is 0 Å². The van der Waals surface area contributed by atoms with E-state index < -0.39 is 11.7 Å². The van der Waals surface area contributed by atoms with Crippen LogP contribution < -0.4 is 5.32 Å². The van der Waals surface area contributed by atoms with Crippen LogP contribution in [0.5, 0.6) is 0 Å². The Kier molecular flexibility index (Phi) is 4.43. The normalized spacial score (nSPS) is 20.1. The third kappa shape index (κ3) is 3.54. The van der Waals surface area contributed by atoms with E-state index in [1.54, 1.807) is 12.1 Å². The summed E-state index contributed by atoms with van der Waals surface area (Å²) in [6.07, 6.45) is 0.489. The monoisotopic (exact) mass is 285 g/mol. The minimum atomic E-state index is -4.29. The van der Waals surface area contributed by atoms with E-state index in [0.717, 1.165) is 25.5 Å². The Bertz CT molecular complexity index is 447. The molecule has 112 valence electrons. The number of alkyl halides is 3. The highest BCUT2D eigenvalue weighted by atomic mass is 19.4. The topological polar surface area (TPSA) is 12.0 Å². The molecule has 1 saturated carbocycles. The molecule has 1 N–H and O–H groups in total. The molecule has 0 aliphatic heterocycles. The molecule has 0 radical (unpaired) electrons. The van der Waals surface area contributed by atoms with Crippen molar-refractivity contribution in [3.63, 3.8) is 0 Å². The van der Waals surface area contributed by atoms with Crippen LogP contribution in [0.1, 0.15) is 56.7 Å². The molecule has 20 heavy (non-hydrogen) atoms.